The van der Waals surface area contributed by atoms with Gasteiger partial charge >= 0.3 is 0 Å². The second-order valence-corrected chi connectivity index (χ2v) is 10.6. The summed E-state index contributed by atoms with van der Waals surface area (Å²) in [5, 5.41) is 0. The number of fused-ring (bicyclic) bond motifs is 5. The largest absolute Gasteiger partial charge is 0.294 e. The second-order valence-electron chi connectivity index (χ2n) is 10.6. The minimum Gasteiger partial charge on any atom is -0.294 e. The first-order valence-corrected chi connectivity index (χ1v) is 11.3. The molecule has 0 N–H and O–H groups in total. The zero-order valence-electron chi connectivity index (χ0n) is 17.6. The lowest BCUT2D eigenvalue weighted by Crippen LogP contribution is -2.49. The molecular formula is C26H33FO. The maximum absolute atomic E-state index is 13.3. The van der Waals surface area contributed by atoms with Gasteiger partial charge in [0.15, 0.2) is 5.78 Å². The zero-order chi connectivity index (χ0) is 19.7. The second kappa shape index (κ2) is 6.28. The lowest BCUT2D eigenvalue weighted by Gasteiger charge is -2.56. The first kappa shape index (κ1) is 18.6. The van der Waals surface area contributed by atoms with E-state index in [1.807, 2.05) is 0 Å². The van der Waals surface area contributed by atoms with Gasteiger partial charge in [-0.25, -0.2) is 4.39 Å². The van der Waals surface area contributed by atoms with Crippen LogP contribution in [0.1, 0.15) is 82.5 Å². The van der Waals surface area contributed by atoms with Crippen molar-refractivity contribution in [1.29, 1.82) is 0 Å². The topological polar surface area (TPSA) is 17.1 Å². The van der Waals surface area contributed by atoms with Crippen molar-refractivity contribution in [3.05, 3.63) is 46.8 Å². The molecular weight excluding hydrogens is 347 g/mol. The fraction of sp³-hybridized carbons (Fsp3) is 0.654. The highest BCUT2D eigenvalue weighted by Gasteiger charge is 2.60. The number of ketones is 1. The molecule has 0 aliphatic heterocycles. The summed E-state index contributed by atoms with van der Waals surface area (Å²) < 4.78 is 13.3. The Morgan fingerprint density at radius 2 is 1.71 bits per heavy atom. The Bertz CT molecular complexity index is 836. The average Bonchev–Trinajstić information content (AvgIpc) is 3.18. The van der Waals surface area contributed by atoms with E-state index >= 15 is 0 Å². The number of halogens is 1. The summed E-state index contributed by atoms with van der Waals surface area (Å²) in [6.45, 7) is 7.32. The molecule has 1 aromatic rings. The van der Waals surface area contributed by atoms with Crippen molar-refractivity contribution in [3.8, 4) is 0 Å². The van der Waals surface area contributed by atoms with Crippen LogP contribution < -0.4 is 0 Å². The molecule has 0 bridgehead atoms. The highest BCUT2D eigenvalue weighted by Crippen LogP contribution is 2.68. The van der Waals surface area contributed by atoms with Gasteiger partial charge in [-0.05, 0) is 111 Å². The van der Waals surface area contributed by atoms with Gasteiger partial charge in [0.05, 0.1) is 0 Å². The predicted octanol–water partition coefficient (Wildman–Crippen LogP) is 6.98. The molecule has 3 saturated carbocycles. The van der Waals surface area contributed by atoms with Crippen molar-refractivity contribution in [1.82, 2.24) is 0 Å². The molecule has 3 fully saturated rings. The van der Waals surface area contributed by atoms with E-state index in [4.69, 9.17) is 0 Å². The first-order valence-electron chi connectivity index (χ1n) is 11.3. The molecule has 0 heterocycles. The molecule has 0 spiro atoms. The Balaban J connectivity index is 1.43. The number of carbonyl (C=O) groups excluding carboxylic acids is 1. The number of carbonyl (C=O) groups is 1. The van der Waals surface area contributed by atoms with E-state index in [0.717, 1.165) is 18.3 Å². The van der Waals surface area contributed by atoms with E-state index in [-0.39, 0.29) is 22.9 Å². The Kier molecular flexibility index (Phi) is 4.17. The first-order chi connectivity index (χ1) is 13.3. The van der Waals surface area contributed by atoms with E-state index in [0.29, 0.717) is 16.9 Å². The summed E-state index contributed by atoms with van der Waals surface area (Å²) in [5.41, 5.74) is 4.70. The smallest absolute Gasteiger partial charge is 0.166 e. The molecule has 6 unspecified atom stereocenters. The number of benzene rings is 1. The van der Waals surface area contributed by atoms with Gasteiger partial charge in [-0.1, -0.05) is 25.0 Å². The summed E-state index contributed by atoms with van der Waals surface area (Å²) in [6.07, 6.45) is 9.91. The van der Waals surface area contributed by atoms with Gasteiger partial charge in [-0.3, -0.25) is 4.79 Å². The highest BCUT2D eigenvalue weighted by atomic mass is 19.1. The van der Waals surface area contributed by atoms with Crippen LogP contribution in [0.5, 0.6) is 0 Å². The van der Waals surface area contributed by atoms with Crippen molar-refractivity contribution in [2.75, 3.05) is 0 Å². The lowest BCUT2D eigenvalue weighted by atomic mass is 9.48. The number of rotatable bonds is 2. The Morgan fingerprint density at radius 1 is 0.964 bits per heavy atom. The number of hydrogen-bond donors (Lipinski definition) is 0. The predicted molar refractivity (Wildman–Crippen MR) is 111 cm³/mol. The summed E-state index contributed by atoms with van der Waals surface area (Å²) in [6, 6.07) is 6.22. The molecule has 4 aliphatic carbocycles. The Hall–Kier alpha value is -1.44. The molecule has 0 saturated heterocycles. The fourth-order valence-corrected chi connectivity index (χ4v) is 8.18. The van der Waals surface area contributed by atoms with Crippen LogP contribution in [0.15, 0.2) is 35.4 Å². The van der Waals surface area contributed by atoms with Gasteiger partial charge in [0.2, 0.25) is 0 Å². The van der Waals surface area contributed by atoms with Gasteiger partial charge in [0, 0.05) is 11.5 Å². The van der Waals surface area contributed by atoms with Crippen LogP contribution in [0.2, 0.25) is 0 Å². The molecule has 1 nitrogen and oxygen atoms in total. The van der Waals surface area contributed by atoms with Gasteiger partial charge in [-0.2, -0.15) is 0 Å². The standard InChI is InChI=1S/C26H33FO/c1-16-12-14-25(2)20(16)9-8-19-21-10-11-23(26(21,3)15-13-22(19)25)24(28)17-4-6-18(27)7-5-17/h4-7,19,21-23H,8-15H2,1-3H3. The Morgan fingerprint density at radius 3 is 2.46 bits per heavy atom. The molecule has 150 valence electrons. The van der Waals surface area contributed by atoms with Gasteiger partial charge in [0.1, 0.15) is 5.82 Å². The molecule has 28 heavy (non-hydrogen) atoms. The third kappa shape index (κ3) is 2.45. The minimum atomic E-state index is -0.265. The SMILES string of the molecule is CC1=C2CCC3C(CCC4(C)C(C(=O)c5ccc(F)cc5)CCC34)C2(C)CC1. The average molecular weight is 381 g/mol. The van der Waals surface area contributed by atoms with Crippen molar-refractivity contribution in [2.45, 2.75) is 72.1 Å². The van der Waals surface area contributed by atoms with Crippen LogP contribution >= 0.6 is 0 Å². The number of hydrogen-bond acceptors (Lipinski definition) is 1. The summed E-state index contributed by atoms with van der Waals surface area (Å²) in [5.74, 6) is 2.37. The normalized spacial score (nSPS) is 42.1. The summed E-state index contributed by atoms with van der Waals surface area (Å²) in [7, 11) is 0. The van der Waals surface area contributed by atoms with Crippen molar-refractivity contribution >= 4 is 5.78 Å². The Labute approximate surface area is 168 Å². The van der Waals surface area contributed by atoms with Gasteiger partial charge < -0.3 is 0 Å². The van der Waals surface area contributed by atoms with Crippen LogP contribution in [-0.4, -0.2) is 5.78 Å². The molecule has 6 atom stereocenters. The van der Waals surface area contributed by atoms with Crippen LogP contribution in [0.4, 0.5) is 4.39 Å². The molecule has 0 amide bonds. The van der Waals surface area contributed by atoms with Crippen LogP contribution in [0.25, 0.3) is 0 Å². The van der Waals surface area contributed by atoms with Crippen molar-refractivity contribution < 1.29 is 9.18 Å². The van der Waals surface area contributed by atoms with Gasteiger partial charge in [0.25, 0.3) is 0 Å². The summed E-state index contributed by atoms with van der Waals surface area (Å²) in [4.78, 5) is 13.3. The van der Waals surface area contributed by atoms with Gasteiger partial charge in [-0.15, -0.1) is 0 Å². The molecule has 4 aliphatic rings. The minimum absolute atomic E-state index is 0.110. The zero-order valence-corrected chi connectivity index (χ0v) is 17.6. The van der Waals surface area contributed by atoms with Crippen LogP contribution in [-0.2, 0) is 0 Å². The van der Waals surface area contributed by atoms with E-state index in [9.17, 15) is 9.18 Å². The monoisotopic (exact) mass is 380 g/mol. The molecule has 0 radical (unpaired) electrons. The van der Waals surface area contributed by atoms with Crippen molar-refractivity contribution in [2.24, 2.45) is 34.5 Å². The maximum atomic E-state index is 13.3. The molecule has 5 rings (SSSR count). The molecule has 1 aromatic carbocycles. The van der Waals surface area contributed by atoms with E-state index in [1.165, 1.54) is 57.1 Å². The van der Waals surface area contributed by atoms with E-state index in [2.05, 4.69) is 20.8 Å². The third-order valence-electron chi connectivity index (χ3n) is 9.65. The number of Topliss-reactive ketones (excluding diaryl/α,β-unsaturated/α-hetero) is 1. The van der Waals surface area contributed by atoms with E-state index in [1.54, 1.807) is 23.3 Å². The third-order valence-corrected chi connectivity index (χ3v) is 9.65. The number of allylic oxidation sites excluding steroid dienone is 2. The van der Waals surface area contributed by atoms with Crippen LogP contribution in [0, 0.1) is 40.3 Å². The lowest BCUT2D eigenvalue weighted by molar-refractivity contribution is -0.0412. The summed E-state index contributed by atoms with van der Waals surface area (Å²) >= 11 is 0. The van der Waals surface area contributed by atoms with E-state index < -0.39 is 0 Å². The van der Waals surface area contributed by atoms with Crippen LogP contribution in [0.3, 0.4) is 0 Å². The van der Waals surface area contributed by atoms with Crippen molar-refractivity contribution in [3.63, 3.8) is 0 Å². The quantitative estimate of drug-likeness (QED) is 0.400. The fourth-order valence-electron chi connectivity index (χ4n) is 8.18. The molecule has 0 aromatic heterocycles. The maximum Gasteiger partial charge on any atom is 0.166 e. The molecule has 2 heteroatoms. The highest BCUT2D eigenvalue weighted by molar-refractivity contribution is 5.98.